The molecule has 2 aliphatic heterocycles. The molecule has 1 unspecified atom stereocenters. The average Bonchev–Trinajstić information content (AvgIpc) is 3.17. The topological polar surface area (TPSA) is 90.3 Å². The quantitative estimate of drug-likeness (QED) is 0.825. The fourth-order valence-corrected chi connectivity index (χ4v) is 3.66. The van der Waals surface area contributed by atoms with Crippen molar-refractivity contribution in [1.29, 1.82) is 0 Å². The molecule has 8 nitrogen and oxygen atoms in total. The van der Waals surface area contributed by atoms with Gasteiger partial charge in [-0.15, -0.1) is 0 Å². The predicted molar refractivity (Wildman–Crippen MR) is 105 cm³/mol. The number of nitrogens with zero attached hydrogens (tertiary/aromatic N) is 3. The van der Waals surface area contributed by atoms with Gasteiger partial charge in [-0.05, 0) is 43.7 Å². The number of carbonyl (C=O) groups excluding carboxylic acids is 1. The van der Waals surface area contributed by atoms with Gasteiger partial charge in [-0.3, -0.25) is 0 Å². The zero-order valence-corrected chi connectivity index (χ0v) is 16.2. The third-order valence-corrected chi connectivity index (χ3v) is 5.40. The number of fused-ring (bicyclic) bond motifs is 1. The Bertz CT molecular complexity index is 816. The van der Waals surface area contributed by atoms with Crippen molar-refractivity contribution >= 4 is 11.7 Å². The average molecular weight is 385 g/mol. The van der Waals surface area contributed by atoms with Gasteiger partial charge in [-0.25, -0.2) is 14.5 Å². The molecule has 0 bridgehead atoms. The Morgan fingerprint density at radius 1 is 1.32 bits per heavy atom. The van der Waals surface area contributed by atoms with E-state index in [-0.39, 0.29) is 12.1 Å². The lowest BCUT2D eigenvalue weighted by molar-refractivity contribution is 0.0496. The van der Waals surface area contributed by atoms with Crippen molar-refractivity contribution in [3.8, 4) is 5.75 Å². The minimum atomic E-state index is -0.215. The summed E-state index contributed by atoms with van der Waals surface area (Å²) < 4.78 is 13.3. The smallest absolute Gasteiger partial charge is 0.319 e. The van der Waals surface area contributed by atoms with Crippen LogP contribution in [0.15, 0.2) is 24.5 Å². The highest BCUT2D eigenvalue weighted by atomic mass is 16.5. The predicted octanol–water partition coefficient (Wildman–Crippen LogP) is 2.53. The molecule has 0 spiro atoms. The maximum Gasteiger partial charge on any atom is 0.319 e. The van der Waals surface area contributed by atoms with Gasteiger partial charge in [0.25, 0.3) is 0 Å². The van der Waals surface area contributed by atoms with Gasteiger partial charge in [0.15, 0.2) is 0 Å². The second-order valence-electron chi connectivity index (χ2n) is 7.54. The van der Waals surface area contributed by atoms with Gasteiger partial charge in [0.05, 0.1) is 19.2 Å². The number of nitrogens with one attached hydrogen (secondary N) is 2. The van der Waals surface area contributed by atoms with E-state index in [1.807, 2.05) is 29.8 Å². The van der Waals surface area contributed by atoms with Gasteiger partial charge in [0.2, 0.25) is 0 Å². The number of carbonyl (C=O) groups is 1. The van der Waals surface area contributed by atoms with E-state index in [2.05, 4.69) is 20.7 Å². The summed E-state index contributed by atoms with van der Waals surface area (Å²) in [6, 6.07) is 5.59. The summed E-state index contributed by atoms with van der Waals surface area (Å²) in [7, 11) is 0. The third-order valence-electron chi connectivity index (χ3n) is 5.40. The van der Waals surface area contributed by atoms with Crippen LogP contribution >= 0.6 is 0 Å². The molecule has 1 aromatic heterocycles. The lowest BCUT2D eigenvalue weighted by atomic mass is 10.0. The van der Waals surface area contributed by atoms with Crippen LogP contribution in [-0.2, 0) is 17.7 Å². The first kappa shape index (κ1) is 18.7. The van der Waals surface area contributed by atoms with E-state index >= 15 is 0 Å². The Morgan fingerprint density at radius 3 is 3.04 bits per heavy atom. The summed E-state index contributed by atoms with van der Waals surface area (Å²) in [6.07, 6.45) is 5.31. The standard InChI is InChI=1S/C20H27N5O3/c1-14-2-3-16(10-18(14)28-12-15-6-8-27-9-7-15)23-20(26)24-17-4-5-19-21-13-22-25(19)11-17/h2-3,10,13,15,17H,4-9,11-12H2,1H3,(H2,23,24,26). The number of ether oxygens (including phenoxy) is 2. The second kappa shape index (κ2) is 8.60. The zero-order valence-electron chi connectivity index (χ0n) is 16.2. The number of benzene rings is 1. The van der Waals surface area contributed by atoms with E-state index < -0.39 is 0 Å². The molecule has 0 saturated carbocycles. The summed E-state index contributed by atoms with van der Waals surface area (Å²) in [6.45, 7) is 4.97. The molecule has 150 valence electrons. The number of aromatic nitrogens is 3. The van der Waals surface area contributed by atoms with Crippen molar-refractivity contribution in [3.63, 3.8) is 0 Å². The van der Waals surface area contributed by atoms with Crippen LogP contribution in [0.25, 0.3) is 0 Å². The van der Waals surface area contributed by atoms with Crippen LogP contribution in [-0.4, -0.2) is 46.7 Å². The SMILES string of the molecule is Cc1ccc(NC(=O)NC2CCc3ncnn3C2)cc1OCC1CCOCC1. The molecule has 2 N–H and O–H groups in total. The summed E-state index contributed by atoms with van der Waals surface area (Å²) in [5, 5.41) is 10.1. The maximum absolute atomic E-state index is 12.4. The number of hydrogen-bond acceptors (Lipinski definition) is 5. The Hall–Kier alpha value is -2.61. The number of hydrogen-bond donors (Lipinski definition) is 2. The summed E-state index contributed by atoms with van der Waals surface area (Å²) in [5.41, 5.74) is 1.78. The first-order chi connectivity index (χ1) is 13.7. The third kappa shape index (κ3) is 4.62. The Morgan fingerprint density at radius 2 is 2.18 bits per heavy atom. The minimum absolute atomic E-state index is 0.0453. The molecule has 4 rings (SSSR count). The number of rotatable bonds is 5. The van der Waals surface area contributed by atoms with E-state index in [4.69, 9.17) is 9.47 Å². The fraction of sp³-hybridized carbons (Fsp3) is 0.550. The molecular formula is C20H27N5O3. The Labute approximate surface area is 164 Å². The number of anilines is 1. The molecule has 2 aromatic rings. The van der Waals surface area contributed by atoms with Crippen LogP contribution in [0.4, 0.5) is 10.5 Å². The maximum atomic E-state index is 12.4. The molecule has 0 radical (unpaired) electrons. The molecule has 2 amide bonds. The molecule has 1 fully saturated rings. The highest BCUT2D eigenvalue weighted by molar-refractivity contribution is 5.89. The van der Waals surface area contributed by atoms with E-state index in [9.17, 15) is 4.79 Å². The van der Waals surface area contributed by atoms with Gasteiger partial charge in [-0.1, -0.05) is 6.07 Å². The number of aryl methyl sites for hydroxylation is 2. The minimum Gasteiger partial charge on any atom is -0.493 e. The van der Waals surface area contributed by atoms with Gasteiger partial charge < -0.3 is 20.1 Å². The van der Waals surface area contributed by atoms with E-state index in [1.165, 1.54) is 0 Å². The first-order valence-corrected chi connectivity index (χ1v) is 9.93. The Kier molecular flexibility index (Phi) is 5.76. The molecule has 1 saturated heterocycles. The van der Waals surface area contributed by atoms with Crippen molar-refractivity contribution in [2.24, 2.45) is 5.92 Å². The highest BCUT2D eigenvalue weighted by Gasteiger charge is 2.21. The van der Waals surface area contributed by atoms with Crippen molar-refractivity contribution in [2.75, 3.05) is 25.1 Å². The van der Waals surface area contributed by atoms with E-state index in [0.717, 1.165) is 61.7 Å². The van der Waals surface area contributed by atoms with Crippen molar-refractivity contribution in [2.45, 2.75) is 45.2 Å². The van der Waals surface area contributed by atoms with Gasteiger partial charge >= 0.3 is 6.03 Å². The van der Waals surface area contributed by atoms with Gasteiger partial charge in [0.1, 0.15) is 17.9 Å². The van der Waals surface area contributed by atoms with Gasteiger partial charge in [0, 0.05) is 31.4 Å². The summed E-state index contributed by atoms with van der Waals surface area (Å²) >= 11 is 0. The molecule has 1 atom stereocenters. The van der Waals surface area contributed by atoms with Crippen LogP contribution in [0.3, 0.4) is 0 Å². The van der Waals surface area contributed by atoms with Crippen LogP contribution < -0.4 is 15.4 Å². The largest absolute Gasteiger partial charge is 0.493 e. The fourth-order valence-electron chi connectivity index (χ4n) is 3.66. The summed E-state index contributed by atoms with van der Waals surface area (Å²) in [5.74, 6) is 2.32. The molecule has 8 heteroatoms. The molecule has 0 aliphatic carbocycles. The van der Waals surface area contributed by atoms with Gasteiger partial charge in [-0.2, -0.15) is 5.10 Å². The first-order valence-electron chi connectivity index (χ1n) is 9.93. The van der Waals surface area contributed by atoms with Crippen LogP contribution in [0.1, 0.15) is 30.7 Å². The lowest BCUT2D eigenvalue weighted by Gasteiger charge is -2.24. The van der Waals surface area contributed by atoms with Crippen molar-refractivity contribution < 1.29 is 14.3 Å². The second-order valence-corrected chi connectivity index (χ2v) is 7.54. The highest BCUT2D eigenvalue weighted by Crippen LogP contribution is 2.25. The van der Waals surface area contributed by atoms with Crippen LogP contribution in [0.5, 0.6) is 5.75 Å². The normalized spacial score (nSPS) is 19.7. The number of amides is 2. The van der Waals surface area contributed by atoms with E-state index in [0.29, 0.717) is 19.1 Å². The van der Waals surface area contributed by atoms with Crippen molar-refractivity contribution in [3.05, 3.63) is 35.9 Å². The summed E-state index contributed by atoms with van der Waals surface area (Å²) in [4.78, 5) is 16.6. The molecule has 2 aliphatic rings. The molecular weight excluding hydrogens is 358 g/mol. The van der Waals surface area contributed by atoms with Crippen LogP contribution in [0.2, 0.25) is 0 Å². The van der Waals surface area contributed by atoms with Crippen molar-refractivity contribution in [1.82, 2.24) is 20.1 Å². The molecule has 1 aromatic carbocycles. The number of urea groups is 1. The molecule has 28 heavy (non-hydrogen) atoms. The van der Waals surface area contributed by atoms with E-state index in [1.54, 1.807) is 6.33 Å². The van der Waals surface area contributed by atoms with Crippen LogP contribution in [0, 0.1) is 12.8 Å². The Balaban J connectivity index is 1.30. The monoisotopic (exact) mass is 385 g/mol. The zero-order chi connectivity index (χ0) is 19.3. The molecule has 3 heterocycles. The lowest BCUT2D eigenvalue weighted by Crippen LogP contribution is -2.43.